The van der Waals surface area contributed by atoms with E-state index in [9.17, 15) is 0 Å². The fourth-order valence-corrected chi connectivity index (χ4v) is 2.56. The van der Waals surface area contributed by atoms with Gasteiger partial charge in [-0.25, -0.2) is 9.97 Å². The summed E-state index contributed by atoms with van der Waals surface area (Å²) in [7, 11) is 0. The van der Waals surface area contributed by atoms with Gasteiger partial charge in [0.25, 0.3) is 0 Å². The largest absolute Gasteiger partial charge is 0.451 e. The van der Waals surface area contributed by atoms with Crippen LogP contribution in [0.4, 0.5) is 0 Å². The Morgan fingerprint density at radius 1 is 1.16 bits per heavy atom. The first-order valence-electron chi connectivity index (χ1n) is 5.38. The number of hydrogen-bond acceptors (Lipinski definition) is 4. The normalized spacial score (nSPS) is 10.1. The molecule has 0 saturated heterocycles. The van der Waals surface area contributed by atoms with Gasteiger partial charge in [-0.1, -0.05) is 0 Å². The molecule has 1 aromatic heterocycles. The lowest BCUT2D eigenvalue weighted by Crippen LogP contribution is -1.95. The lowest BCUT2D eigenvalue weighted by atomic mass is 10.1. The number of aromatic nitrogens is 2. The zero-order valence-electron chi connectivity index (χ0n) is 10.2. The van der Waals surface area contributed by atoms with E-state index in [1.54, 1.807) is 0 Å². The zero-order chi connectivity index (χ0) is 14.0. The Labute approximate surface area is 127 Å². The van der Waals surface area contributed by atoms with E-state index in [0.29, 0.717) is 26.3 Å². The van der Waals surface area contributed by atoms with Gasteiger partial charge in [-0.15, -0.1) is 0 Å². The number of hydrogen-bond donors (Lipinski definition) is 0. The lowest BCUT2D eigenvalue weighted by Gasteiger charge is -2.12. The van der Waals surface area contributed by atoms with Gasteiger partial charge in [-0.3, -0.25) is 0 Å². The summed E-state index contributed by atoms with van der Waals surface area (Å²) < 4.78 is 6.92. The van der Waals surface area contributed by atoms with Crippen LogP contribution < -0.4 is 4.74 Å². The molecule has 4 nitrogen and oxygen atoms in total. The van der Waals surface area contributed by atoms with Crippen molar-refractivity contribution in [3.63, 3.8) is 0 Å². The minimum Gasteiger partial charge on any atom is -0.451 e. The van der Waals surface area contributed by atoms with Gasteiger partial charge in [0.15, 0.2) is 15.0 Å². The van der Waals surface area contributed by atoms with Gasteiger partial charge in [-0.2, -0.15) is 5.26 Å². The maximum atomic E-state index is 9.09. The molecule has 0 aliphatic rings. The molecule has 0 aliphatic heterocycles. The number of nitrogens with zero attached hydrogens (tertiary/aromatic N) is 3. The summed E-state index contributed by atoms with van der Waals surface area (Å²) in [5, 5.41) is 9.09. The summed E-state index contributed by atoms with van der Waals surface area (Å²) in [4.78, 5) is 8.03. The van der Waals surface area contributed by atoms with Crippen molar-refractivity contribution in [1.82, 2.24) is 9.97 Å². The van der Waals surface area contributed by atoms with Crippen LogP contribution >= 0.6 is 31.9 Å². The topological polar surface area (TPSA) is 58.8 Å². The van der Waals surface area contributed by atoms with Gasteiger partial charge in [0, 0.05) is 5.56 Å². The highest BCUT2D eigenvalue weighted by molar-refractivity contribution is 9.11. The van der Waals surface area contributed by atoms with Crippen LogP contribution in [0.2, 0.25) is 0 Å². The van der Waals surface area contributed by atoms with E-state index in [2.05, 4.69) is 47.9 Å². The van der Waals surface area contributed by atoms with Gasteiger partial charge in [0.05, 0.1) is 11.6 Å². The van der Waals surface area contributed by atoms with Gasteiger partial charge >= 0.3 is 0 Å². The molecule has 0 saturated carbocycles. The predicted molar refractivity (Wildman–Crippen MR) is 78.1 cm³/mol. The second-order valence-corrected chi connectivity index (χ2v) is 5.44. The summed E-state index contributed by atoms with van der Waals surface area (Å²) in [6.45, 7) is 3.76. The summed E-state index contributed by atoms with van der Waals surface area (Å²) in [6.07, 6.45) is 1.42. The fourth-order valence-electron chi connectivity index (χ4n) is 1.57. The molecule has 2 aromatic rings. The molecule has 1 heterocycles. The van der Waals surface area contributed by atoms with Crippen LogP contribution in [-0.2, 0) is 0 Å². The fraction of sp³-hybridized carbons (Fsp3) is 0.154. The smallest absolute Gasteiger partial charge is 0.192 e. The molecule has 0 aliphatic carbocycles. The minimum absolute atomic E-state index is 0.486. The highest BCUT2D eigenvalue weighted by Crippen LogP contribution is 2.35. The molecule has 0 N–H and O–H groups in total. The number of ether oxygens (including phenoxy) is 1. The Balaban J connectivity index is 2.50. The first kappa shape index (κ1) is 14.0. The Kier molecular flexibility index (Phi) is 4.17. The van der Waals surface area contributed by atoms with E-state index >= 15 is 0 Å². The minimum atomic E-state index is 0.486. The molecule has 96 valence electrons. The molecule has 19 heavy (non-hydrogen) atoms. The number of nitriles is 1. The molecular weight excluding hydrogens is 374 g/mol. The second kappa shape index (κ2) is 5.68. The van der Waals surface area contributed by atoms with Crippen LogP contribution in [0.1, 0.15) is 16.7 Å². The third-order valence-corrected chi connectivity index (χ3v) is 3.68. The molecule has 0 spiro atoms. The predicted octanol–water partition coefficient (Wildman–Crippen LogP) is 4.28. The van der Waals surface area contributed by atoms with Crippen molar-refractivity contribution < 1.29 is 4.74 Å². The van der Waals surface area contributed by atoms with Crippen LogP contribution in [0.5, 0.6) is 11.5 Å². The molecule has 0 amide bonds. The Morgan fingerprint density at radius 2 is 1.79 bits per heavy atom. The van der Waals surface area contributed by atoms with Gasteiger partial charge in [0.2, 0.25) is 0 Å². The quantitative estimate of drug-likeness (QED) is 0.727. The Hall–Kier alpha value is -1.45. The average molecular weight is 383 g/mol. The summed E-state index contributed by atoms with van der Waals surface area (Å²) in [5.41, 5.74) is 2.34. The van der Waals surface area contributed by atoms with Crippen LogP contribution in [-0.4, -0.2) is 9.97 Å². The van der Waals surface area contributed by atoms with Crippen molar-refractivity contribution in [2.24, 2.45) is 0 Å². The maximum absolute atomic E-state index is 9.09. The molecule has 2 rings (SSSR count). The van der Waals surface area contributed by atoms with E-state index in [1.165, 1.54) is 6.33 Å². The van der Waals surface area contributed by atoms with Crippen LogP contribution in [0, 0.1) is 25.2 Å². The summed E-state index contributed by atoms with van der Waals surface area (Å²) in [6, 6.07) is 5.86. The number of halogens is 2. The van der Waals surface area contributed by atoms with Crippen molar-refractivity contribution in [2.75, 3.05) is 0 Å². The second-order valence-electron chi connectivity index (χ2n) is 3.93. The van der Waals surface area contributed by atoms with E-state index in [1.807, 2.05) is 26.0 Å². The third-order valence-electron chi connectivity index (χ3n) is 2.55. The zero-order valence-corrected chi connectivity index (χ0v) is 13.4. The Bertz CT molecular complexity index is 660. The highest BCUT2D eigenvalue weighted by atomic mass is 79.9. The van der Waals surface area contributed by atoms with Gasteiger partial charge in [-0.05, 0) is 63.4 Å². The number of benzene rings is 1. The van der Waals surface area contributed by atoms with E-state index in [-0.39, 0.29) is 0 Å². The molecule has 0 radical (unpaired) electrons. The molecule has 0 bridgehead atoms. The maximum Gasteiger partial charge on any atom is 0.192 e. The number of aryl methyl sites for hydroxylation is 1. The van der Waals surface area contributed by atoms with Crippen molar-refractivity contribution in [3.8, 4) is 17.6 Å². The summed E-state index contributed by atoms with van der Waals surface area (Å²) in [5.74, 6) is 1.10. The highest BCUT2D eigenvalue weighted by Gasteiger charge is 2.13. The van der Waals surface area contributed by atoms with E-state index < -0.39 is 0 Å². The molecule has 0 fully saturated rings. The van der Waals surface area contributed by atoms with Crippen molar-refractivity contribution in [3.05, 3.63) is 44.4 Å². The standard InChI is InChI=1S/C13H9Br2N3O/c1-7-3-9(5-16)8(2)10(4-7)19-11-12(14)17-6-18-13(11)15/h3-4,6H,1-2H3. The van der Waals surface area contributed by atoms with Crippen molar-refractivity contribution >= 4 is 31.9 Å². The Morgan fingerprint density at radius 3 is 2.37 bits per heavy atom. The lowest BCUT2D eigenvalue weighted by molar-refractivity contribution is 0.465. The van der Waals surface area contributed by atoms with Crippen molar-refractivity contribution in [1.29, 1.82) is 5.26 Å². The molecule has 6 heteroatoms. The first-order chi connectivity index (χ1) is 9.02. The van der Waals surface area contributed by atoms with Crippen LogP contribution in [0.15, 0.2) is 27.7 Å². The van der Waals surface area contributed by atoms with Gasteiger partial charge < -0.3 is 4.74 Å². The first-order valence-corrected chi connectivity index (χ1v) is 6.96. The summed E-state index contributed by atoms with van der Waals surface area (Å²) >= 11 is 6.62. The van der Waals surface area contributed by atoms with E-state index in [0.717, 1.165) is 11.1 Å². The average Bonchev–Trinajstić information content (AvgIpc) is 2.37. The SMILES string of the molecule is Cc1cc(C#N)c(C)c(Oc2c(Br)ncnc2Br)c1. The van der Waals surface area contributed by atoms with Crippen LogP contribution in [0.3, 0.4) is 0 Å². The molecular formula is C13H9Br2N3O. The third kappa shape index (κ3) is 2.94. The molecule has 0 atom stereocenters. The van der Waals surface area contributed by atoms with Crippen LogP contribution in [0.25, 0.3) is 0 Å². The molecule has 0 unspecified atom stereocenters. The molecule has 1 aromatic carbocycles. The van der Waals surface area contributed by atoms with Crippen molar-refractivity contribution in [2.45, 2.75) is 13.8 Å². The number of rotatable bonds is 2. The van der Waals surface area contributed by atoms with Gasteiger partial charge in [0.1, 0.15) is 12.1 Å². The van der Waals surface area contributed by atoms with E-state index in [4.69, 9.17) is 10.00 Å². The monoisotopic (exact) mass is 381 g/mol.